The Morgan fingerprint density at radius 2 is 2.21 bits per heavy atom. The molecule has 1 saturated heterocycles. The van der Waals surface area contributed by atoms with Crippen molar-refractivity contribution in [3.63, 3.8) is 0 Å². The van der Waals surface area contributed by atoms with Gasteiger partial charge in [0.15, 0.2) is 6.10 Å². The molecule has 1 aromatic heterocycles. The first-order valence-electron chi connectivity index (χ1n) is 6.21. The molecule has 1 aliphatic carbocycles. The van der Waals surface area contributed by atoms with E-state index in [0.717, 1.165) is 18.7 Å². The van der Waals surface area contributed by atoms with Gasteiger partial charge in [-0.05, 0) is 12.8 Å². The fourth-order valence-corrected chi connectivity index (χ4v) is 2.03. The Morgan fingerprint density at radius 1 is 1.42 bits per heavy atom. The molecule has 2 fully saturated rings. The highest BCUT2D eigenvalue weighted by Crippen LogP contribution is 2.37. The average molecular weight is 266 g/mol. The highest BCUT2D eigenvalue weighted by atomic mass is 16.5. The summed E-state index contributed by atoms with van der Waals surface area (Å²) < 4.78 is 5.07. The number of ether oxygens (including phenoxy) is 1. The zero-order chi connectivity index (χ0) is 13.4. The van der Waals surface area contributed by atoms with Crippen molar-refractivity contribution in [1.82, 2.24) is 20.1 Å². The van der Waals surface area contributed by atoms with Gasteiger partial charge in [0, 0.05) is 12.5 Å². The van der Waals surface area contributed by atoms with Crippen LogP contribution in [0.3, 0.4) is 0 Å². The number of rotatable bonds is 3. The summed E-state index contributed by atoms with van der Waals surface area (Å²) in [5, 5.41) is 15.6. The maximum atomic E-state index is 12.2. The lowest BCUT2D eigenvalue weighted by atomic mass is 10.2. The summed E-state index contributed by atoms with van der Waals surface area (Å²) >= 11 is 0. The van der Waals surface area contributed by atoms with Crippen LogP contribution in [0.1, 0.15) is 35.2 Å². The Morgan fingerprint density at radius 3 is 2.89 bits per heavy atom. The molecule has 1 unspecified atom stereocenters. The number of carbonyl (C=O) groups is 2. The number of amides is 1. The van der Waals surface area contributed by atoms with Crippen molar-refractivity contribution < 1.29 is 19.4 Å². The Bertz CT molecular complexity index is 511. The second-order valence-corrected chi connectivity index (χ2v) is 4.77. The molecule has 0 spiro atoms. The number of carboxylic acid groups (broad SMARTS) is 1. The highest BCUT2D eigenvalue weighted by Gasteiger charge is 2.32. The molecule has 1 aromatic rings. The lowest BCUT2D eigenvalue weighted by molar-refractivity contribution is -0.154. The van der Waals surface area contributed by atoms with E-state index >= 15 is 0 Å². The molecule has 1 amide bonds. The number of carbonyl (C=O) groups excluding carboxylic acids is 1. The zero-order valence-electron chi connectivity index (χ0n) is 10.2. The van der Waals surface area contributed by atoms with E-state index in [-0.39, 0.29) is 24.9 Å². The second-order valence-electron chi connectivity index (χ2n) is 4.77. The van der Waals surface area contributed by atoms with Crippen molar-refractivity contribution in [3.8, 4) is 0 Å². The van der Waals surface area contributed by atoms with Gasteiger partial charge >= 0.3 is 5.97 Å². The van der Waals surface area contributed by atoms with Gasteiger partial charge in [0.25, 0.3) is 5.91 Å². The fraction of sp³-hybridized carbons (Fsp3) is 0.636. The van der Waals surface area contributed by atoms with E-state index in [9.17, 15) is 9.59 Å². The minimum Gasteiger partial charge on any atom is -0.479 e. The molecule has 8 nitrogen and oxygen atoms in total. The van der Waals surface area contributed by atoms with Crippen LogP contribution in [0, 0.1) is 0 Å². The zero-order valence-corrected chi connectivity index (χ0v) is 10.2. The molecule has 1 atom stereocenters. The number of aliphatic carboxylic acids is 1. The van der Waals surface area contributed by atoms with Crippen molar-refractivity contribution in [2.45, 2.75) is 24.9 Å². The first kappa shape index (κ1) is 12.1. The monoisotopic (exact) mass is 266 g/mol. The third-order valence-electron chi connectivity index (χ3n) is 3.29. The fourth-order valence-electron chi connectivity index (χ4n) is 2.03. The molecular formula is C11H14N4O4. The van der Waals surface area contributed by atoms with Crippen molar-refractivity contribution in [3.05, 3.63) is 11.6 Å². The molecule has 102 valence electrons. The normalized spacial score (nSPS) is 23.4. The second kappa shape index (κ2) is 4.61. The van der Waals surface area contributed by atoms with Crippen LogP contribution in [0.4, 0.5) is 0 Å². The lowest BCUT2D eigenvalue weighted by Gasteiger charge is -2.29. The molecule has 1 saturated carbocycles. The van der Waals surface area contributed by atoms with Crippen LogP contribution in [0.15, 0.2) is 0 Å². The van der Waals surface area contributed by atoms with Crippen LogP contribution in [0.2, 0.25) is 0 Å². The number of hydrogen-bond donors (Lipinski definition) is 2. The predicted octanol–water partition coefficient (Wildman–Crippen LogP) is -0.392. The molecule has 0 radical (unpaired) electrons. The molecule has 0 aromatic carbocycles. The van der Waals surface area contributed by atoms with Gasteiger partial charge in [0.05, 0.1) is 13.2 Å². The van der Waals surface area contributed by atoms with Gasteiger partial charge in [-0.3, -0.25) is 9.89 Å². The van der Waals surface area contributed by atoms with Crippen LogP contribution in [0.25, 0.3) is 0 Å². The van der Waals surface area contributed by atoms with E-state index < -0.39 is 12.1 Å². The smallest absolute Gasteiger partial charge is 0.334 e. The first-order valence-corrected chi connectivity index (χ1v) is 6.21. The Hall–Kier alpha value is -1.96. The summed E-state index contributed by atoms with van der Waals surface area (Å²) in [4.78, 5) is 28.6. The largest absolute Gasteiger partial charge is 0.479 e. The van der Waals surface area contributed by atoms with Gasteiger partial charge in [-0.2, -0.15) is 0 Å². The van der Waals surface area contributed by atoms with Crippen molar-refractivity contribution in [2.24, 2.45) is 0 Å². The highest BCUT2D eigenvalue weighted by molar-refractivity contribution is 5.91. The minimum absolute atomic E-state index is 0.0292. The van der Waals surface area contributed by atoms with Gasteiger partial charge < -0.3 is 14.7 Å². The van der Waals surface area contributed by atoms with E-state index in [1.54, 1.807) is 0 Å². The SMILES string of the molecule is O=C(O)C1CN(C(=O)c2n[nH]c(C3CC3)n2)CCO1. The lowest BCUT2D eigenvalue weighted by Crippen LogP contribution is -2.48. The molecule has 2 aliphatic rings. The molecular weight excluding hydrogens is 252 g/mol. The summed E-state index contributed by atoms with van der Waals surface area (Å²) in [7, 11) is 0. The Balaban J connectivity index is 1.69. The number of aromatic nitrogens is 3. The number of H-pyrrole nitrogens is 1. The summed E-state index contributed by atoms with van der Waals surface area (Å²) in [6, 6.07) is 0. The third-order valence-corrected chi connectivity index (χ3v) is 3.29. The molecule has 0 bridgehead atoms. The summed E-state index contributed by atoms with van der Waals surface area (Å²) in [6.45, 7) is 0.597. The number of morpholine rings is 1. The number of aromatic amines is 1. The molecule has 3 rings (SSSR count). The molecule has 1 aliphatic heterocycles. The number of hydrogen-bond acceptors (Lipinski definition) is 5. The number of nitrogens with one attached hydrogen (secondary N) is 1. The number of carboxylic acids is 1. The van der Waals surface area contributed by atoms with E-state index in [0.29, 0.717) is 12.5 Å². The Labute approximate surface area is 108 Å². The van der Waals surface area contributed by atoms with E-state index in [1.807, 2.05) is 0 Å². The van der Waals surface area contributed by atoms with Crippen molar-refractivity contribution in [1.29, 1.82) is 0 Å². The molecule has 2 heterocycles. The topological polar surface area (TPSA) is 108 Å². The van der Waals surface area contributed by atoms with Crippen LogP contribution in [0.5, 0.6) is 0 Å². The summed E-state index contributed by atoms with van der Waals surface area (Å²) in [5.74, 6) is -0.173. The molecule has 8 heteroatoms. The van der Waals surface area contributed by atoms with Crippen LogP contribution in [-0.4, -0.2) is 62.9 Å². The predicted molar refractivity (Wildman–Crippen MR) is 61.6 cm³/mol. The van der Waals surface area contributed by atoms with Gasteiger partial charge in [-0.1, -0.05) is 0 Å². The quantitative estimate of drug-likeness (QED) is 0.771. The standard InChI is InChI=1S/C11H14N4O4/c16-10(9-12-8(13-14-9)6-1-2-6)15-3-4-19-7(5-15)11(17)18/h6-7H,1-5H2,(H,17,18)(H,12,13,14). The maximum Gasteiger partial charge on any atom is 0.334 e. The summed E-state index contributed by atoms with van der Waals surface area (Å²) in [5.41, 5.74) is 0. The first-order chi connectivity index (χ1) is 9.15. The van der Waals surface area contributed by atoms with Crippen LogP contribution < -0.4 is 0 Å². The van der Waals surface area contributed by atoms with Gasteiger partial charge in [0.2, 0.25) is 5.82 Å². The Kier molecular flexibility index (Phi) is 2.94. The molecule has 2 N–H and O–H groups in total. The average Bonchev–Trinajstić information content (AvgIpc) is 3.16. The van der Waals surface area contributed by atoms with Gasteiger partial charge in [-0.15, -0.1) is 5.10 Å². The minimum atomic E-state index is -1.06. The van der Waals surface area contributed by atoms with Crippen molar-refractivity contribution in [2.75, 3.05) is 19.7 Å². The van der Waals surface area contributed by atoms with Gasteiger partial charge in [0.1, 0.15) is 5.82 Å². The van der Waals surface area contributed by atoms with Crippen molar-refractivity contribution >= 4 is 11.9 Å². The maximum absolute atomic E-state index is 12.2. The summed E-state index contributed by atoms with van der Waals surface area (Å²) in [6.07, 6.45) is 1.17. The van der Waals surface area contributed by atoms with E-state index in [4.69, 9.17) is 9.84 Å². The van der Waals surface area contributed by atoms with E-state index in [2.05, 4.69) is 15.2 Å². The van der Waals surface area contributed by atoms with Crippen LogP contribution >= 0.6 is 0 Å². The van der Waals surface area contributed by atoms with Crippen LogP contribution in [-0.2, 0) is 9.53 Å². The van der Waals surface area contributed by atoms with Gasteiger partial charge in [-0.25, -0.2) is 9.78 Å². The number of nitrogens with zero attached hydrogens (tertiary/aromatic N) is 3. The molecule has 19 heavy (non-hydrogen) atoms. The third kappa shape index (κ3) is 2.43. The van der Waals surface area contributed by atoms with E-state index in [1.165, 1.54) is 4.90 Å².